The molecule has 78 valence electrons. The fourth-order valence-corrected chi connectivity index (χ4v) is 2.13. The molecule has 2 N–H and O–H groups in total. The molecule has 0 fully saturated rings. The molecule has 15 heavy (non-hydrogen) atoms. The molecule has 0 aliphatic rings. The van der Waals surface area contributed by atoms with Crippen LogP contribution in [0.1, 0.15) is 18.7 Å². The third-order valence-corrected chi connectivity index (χ3v) is 3.04. The Bertz CT molecular complexity index is 450. The molecule has 0 radical (unpaired) electrons. The number of pyridine rings is 1. The molecule has 2 heterocycles. The van der Waals surface area contributed by atoms with E-state index in [2.05, 4.69) is 9.97 Å². The molecular weight excluding hydrogens is 230 g/mol. The van der Waals surface area contributed by atoms with Gasteiger partial charge in [0, 0.05) is 17.6 Å². The van der Waals surface area contributed by atoms with Crippen molar-refractivity contribution in [3.05, 3.63) is 34.4 Å². The maximum Gasteiger partial charge on any atom is 0.142 e. The lowest BCUT2D eigenvalue weighted by molar-refractivity contribution is 0.790. The molecule has 2 aromatic rings. The smallest absolute Gasteiger partial charge is 0.142 e. The highest BCUT2D eigenvalue weighted by Gasteiger charge is 2.08. The van der Waals surface area contributed by atoms with Gasteiger partial charge in [-0.05, 0) is 19.1 Å². The minimum atomic E-state index is -0.0395. The lowest BCUT2D eigenvalue weighted by Crippen LogP contribution is -2.04. The van der Waals surface area contributed by atoms with Crippen LogP contribution in [0.3, 0.4) is 0 Å². The van der Waals surface area contributed by atoms with E-state index in [0.29, 0.717) is 5.02 Å². The van der Waals surface area contributed by atoms with E-state index < -0.39 is 0 Å². The number of halogens is 1. The Morgan fingerprint density at radius 1 is 1.47 bits per heavy atom. The molecular formula is C10H10ClN3S. The molecule has 3 nitrogen and oxygen atoms in total. The van der Waals surface area contributed by atoms with E-state index in [0.717, 1.165) is 16.4 Å². The molecule has 1 unspecified atom stereocenters. The molecule has 5 heteroatoms. The summed E-state index contributed by atoms with van der Waals surface area (Å²) in [5.74, 6) is 0. The van der Waals surface area contributed by atoms with Crippen molar-refractivity contribution in [2.45, 2.75) is 13.0 Å². The lowest BCUT2D eigenvalue weighted by atomic mass is 10.3. The molecule has 0 saturated heterocycles. The van der Waals surface area contributed by atoms with Crippen molar-refractivity contribution in [1.82, 2.24) is 9.97 Å². The van der Waals surface area contributed by atoms with Crippen molar-refractivity contribution >= 4 is 22.9 Å². The van der Waals surface area contributed by atoms with Crippen LogP contribution in [0.4, 0.5) is 0 Å². The molecule has 0 aliphatic carbocycles. The van der Waals surface area contributed by atoms with Gasteiger partial charge in [0.25, 0.3) is 0 Å². The topological polar surface area (TPSA) is 51.8 Å². The van der Waals surface area contributed by atoms with Crippen molar-refractivity contribution in [3.63, 3.8) is 0 Å². The minimum absolute atomic E-state index is 0.0395. The van der Waals surface area contributed by atoms with E-state index in [4.69, 9.17) is 17.3 Å². The Hall–Kier alpha value is -0.970. The van der Waals surface area contributed by atoms with Crippen molar-refractivity contribution < 1.29 is 0 Å². The number of nitrogens with zero attached hydrogens (tertiary/aromatic N) is 2. The summed E-state index contributed by atoms with van der Waals surface area (Å²) in [5, 5.41) is 3.46. The fourth-order valence-electron chi connectivity index (χ4n) is 1.12. The zero-order valence-electron chi connectivity index (χ0n) is 8.14. The van der Waals surface area contributed by atoms with Crippen molar-refractivity contribution in [1.29, 1.82) is 0 Å². The van der Waals surface area contributed by atoms with Crippen LogP contribution in [0.5, 0.6) is 0 Å². The summed E-state index contributed by atoms with van der Waals surface area (Å²) >= 11 is 7.30. The highest BCUT2D eigenvalue weighted by molar-refractivity contribution is 7.13. The first kappa shape index (κ1) is 10.5. The second kappa shape index (κ2) is 4.26. The minimum Gasteiger partial charge on any atom is -0.323 e. The van der Waals surface area contributed by atoms with Crippen LogP contribution in [-0.4, -0.2) is 9.97 Å². The van der Waals surface area contributed by atoms with Crippen LogP contribution in [0.2, 0.25) is 5.02 Å². The summed E-state index contributed by atoms with van der Waals surface area (Å²) in [6.45, 7) is 1.91. The summed E-state index contributed by atoms with van der Waals surface area (Å²) < 4.78 is 0. The Morgan fingerprint density at radius 2 is 2.27 bits per heavy atom. The van der Waals surface area contributed by atoms with Crippen LogP contribution < -0.4 is 5.73 Å². The summed E-state index contributed by atoms with van der Waals surface area (Å²) in [4.78, 5) is 8.59. The Labute approximate surface area is 96.9 Å². The van der Waals surface area contributed by atoms with Gasteiger partial charge in [0.2, 0.25) is 0 Å². The van der Waals surface area contributed by atoms with Gasteiger partial charge in [-0.15, -0.1) is 11.3 Å². The number of nitrogens with two attached hydrogens (primary N) is 1. The fraction of sp³-hybridized carbons (Fsp3) is 0.200. The van der Waals surface area contributed by atoms with Crippen LogP contribution in [0, 0.1) is 0 Å². The first-order valence-corrected chi connectivity index (χ1v) is 5.75. The monoisotopic (exact) mass is 239 g/mol. The van der Waals surface area contributed by atoms with E-state index in [1.54, 1.807) is 23.6 Å². The Morgan fingerprint density at radius 3 is 2.80 bits per heavy atom. The van der Waals surface area contributed by atoms with Gasteiger partial charge in [0.05, 0.1) is 16.4 Å². The van der Waals surface area contributed by atoms with Gasteiger partial charge in [0.15, 0.2) is 0 Å². The summed E-state index contributed by atoms with van der Waals surface area (Å²) in [6.07, 6.45) is 1.61. The van der Waals surface area contributed by atoms with Crippen LogP contribution in [0.25, 0.3) is 10.7 Å². The average Bonchev–Trinajstić information content (AvgIpc) is 2.68. The number of aromatic nitrogens is 2. The van der Waals surface area contributed by atoms with E-state index >= 15 is 0 Å². The first-order chi connectivity index (χ1) is 7.16. The number of hydrogen-bond acceptors (Lipinski definition) is 4. The third-order valence-electron chi connectivity index (χ3n) is 1.93. The average molecular weight is 240 g/mol. The van der Waals surface area contributed by atoms with E-state index in [1.807, 2.05) is 18.4 Å². The summed E-state index contributed by atoms with van der Waals surface area (Å²) in [5.41, 5.74) is 7.46. The normalized spacial score (nSPS) is 12.7. The van der Waals surface area contributed by atoms with Crippen LogP contribution in [0.15, 0.2) is 23.7 Å². The predicted octanol–water partition coefficient (Wildman–Crippen LogP) is 2.88. The number of hydrogen-bond donors (Lipinski definition) is 1. The molecule has 0 aliphatic heterocycles. The van der Waals surface area contributed by atoms with Gasteiger partial charge in [-0.1, -0.05) is 11.6 Å². The van der Waals surface area contributed by atoms with E-state index in [9.17, 15) is 0 Å². The van der Waals surface area contributed by atoms with E-state index in [-0.39, 0.29) is 6.04 Å². The van der Waals surface area contributed by atoms with Gasteiger partial charge in [0.1, 0.15) is 5.01 Å². The van der Waals surface area contributed by atoms with E-state index in [1.165, 1.54) is 0 Å². The van der Waals surface area contributed by atoms with Gasteiger partial charge < -0.3 is 5.73 Å². The quantitative estimate of drug-likeness (QED) is 0.877. The summed E-state index contributed by atoms with van der Waals surface area (Å²) in [6, 6.07) is 3.62. The zero-order valence-corrected chi connectivity index (χ0v) is 9.72. The molecule has 0 amide bonds. The largest absolute Gasteiger partial charge is 0.323 e. The summed E-state index contributed by atoms with van der Waals surface area (Å²) in [7, 11) is 0. The molecule has 2 rings (SSSR count). The van der Waals surface area contributed by atoms with Crippen LogP contribution >= 0.6 is 22.9 Å². The van der Waals surface area contributed by atoms with Crippen molar-refractivity contribution in [3.8, 4) is 10.7 Å². The Balaban J connectivity index is 2.33. The predicted molar refractivity (Wildman–Crippen MR) is 63.0 cm³/mol. The van der Waals surface area contributed by atoms with Gasteiger partial charge in [-0.3, -0.25) is 4.98 Å². The molecule has 0 spiro atoms. The van der Waals surface area contributed by atoms with Crippen molar-refractivity contribution in [2.75, 3.05) is 0 Å². The maximum absolute atomic E-state index is 5.76. The van der Waals surface area contributed by atoms with Gasteiger partial charge in [-0.25, -0.2) is 4.98 Å². The number of thiazole rings is 1. The lowest BCUT2D eigenvalue weighted by Gasteiger charge is -1.98. The highest BCUT2D eigenvalue weighted by Crippen LogP contribution is 2.24. The maximum atomic E-state index is 5.76. The second-order valence-electron chi connectivity index (χ2n) is 3.23. The third kappa shape index (κ3) is 2.34. The molecule has 0 aromatic carbocycles. The molecule has 0 saturated carbocycles. The SMILES string of the molecule is CC(N)c1csc(-c2ccc(Cl)cn2)n1. The van der Waals surface area contributed by atoms with Crippen molar-refractivity contribution in [2.24, 2.45) is 5.73 Å². The standard InChI is InChI=1S/C10H10ClN3S/c1-6(12)9-5-15-10(14-9)8-3-2-7(11)4-13-8/h2-6H,12H2,1H3. The second-order valence-corrected chi connectivity index (χ2v) is 4.52. The van der Waals surface area contributed by atoms with Gasteiger partial charge in [-0.2, -0.15) is 0 Å². The highest BCUT2D eigenvalue weighted by atomic mass is 35.5. The van der Waals surface area contributed by atoms with Gasteiger partial charge >= 0.3 is 0 Å². The first-order valence-electron chi connectivity index (χ1n) is 4.50. The molecule has 2 aromatic heterocycles. The number of rotatable bonds is 2. The Kier molecular flexibility index (Phi) is 3.00. The zero-order chi connectivity index (χ0) is 10.8. The van der Waals surface area contributed by atoms with Crippen LogP contribution in [-0.2, 0) is 0 Å². The molecule has 0 bridgehead atoms. The molecule has 1 atom stereocenters.